The van der Waals surface area contributed by atoms with Gasteiger partial charge in [0, 0.05) is 19.3 Å². The minimum absolute atomic E-state index is 0.0538. The van der Waals surface area contributed by atoms with Crippen LogP contribution in [0.5, 0.6) is 0 Å². The number of rotatable bonds is 2. The lowest BCUT2D eigenvalue weighted by Gasteiger charge is -2.39. The van der Waals surface area contributed by atoms with Crippen LogP contribution in [0, 0.1) is 5.82 Å². The smallest absolute Gasteiger partial charge is 0.264 e. The normalized spacial score (nSPS) is 16.7. The Balaban J connectivity index is 1.78. The number of aromatic nitrogens is 1. The van der Waals surface area contributed by atoms with E-state index in [1.54, 1.807) is 35.4 Å². The molecule has 2 aromatic rings. The molecule has 0 fully saturated rings. The number of halogens is 1. The van der Waals surface area contributed by atoms with Crippen LogP contribution in [0.15, 0.2) is 47.6 Å². The Hall–Kier alpha value is -2.76. The largest absolute Gasteiger partial charge is 0.291 e. The summed E-state index contributed by atoms with van der Waals surface area (Å²) in [5, 5.41) is 0. The fourth-order valence-electron chi connectivity index (χ4n) is 2.95. The van der Waals surface area contributed by atoms with Crippen molar-refractivity contribution in [2.24, 2.45) is 4.99 Å². The number of hydrogen-bond donors (Lipinski definition) is 0. The van der Waals surface area contributed by atoms with Crippen molar-refractivity contribution in [1.29, 1.82) is 0 Å². The number of fused-ring (bicyclic) bond motifs is 2. The molecule has 2 aliphatic heterocycles. The summed E-state index contributed by atoms with van der Waals surface area (Å²) in [6.45, 7) is 1.85. The maximum atomic E-state index is 13.1. The summed E-state index contributed by atoms with van der Waals surface area (Å²) in [5.41, 5.74) is 1.51. The van der Waals surface area contributed by atoms with Gasteiger partial charge in [0.2, 0.25) is 5.96 Å². The number of pyridine rings is 1. The fraction of sp³-hybridized carbons (Fsp3) is 0.235. The summed E-state index contributed by atoms with van der Waals surface area (Å²) >= 11 is 0. The van der Waals surface area contributed by atoms with Crippen LogP contribution in [-0.2, 0) is 6.54 Å². The van der Waals surface area contributed by atoms with E-state index in [1.807, 2.05) is 4.90 Å². The summed E-state index contributed by atoms with van der Waals surface area (Å²) in [5.74, 6) is 0.926. The molecular formula is C17H15FN4O. The van der Waals surface area contributed by atoms with Crippen LogP contribution in [0.2, 0.25) is 0 Å². The number of aliphatic imine (C=N–C) groups is 1. The highest BCUT2D eigenvalue weighted by atomic mass is 19.1. The highest BCUT2D eigenvalue weighted by molar-refractivity contribution is 6.18. The molecular weight excluding hydrogens is 295 g/mol. The second kappa shape index (κ2) is 5.46. The second-order valence-corrected chi connectivity index (χ2v) is 5.58. The summed E-state index contributed by atoms with van der Waals surface area (Å²) in [6.07, 6.45) is 2.53. The lowest BCUT2D eigenvalue weighted by atomic mass is 10.1. The van der Waals surface area contributed by atoms with Crippen LogP contribution in [0.4, 0.5) is 10.2 Å². The SMILES string of the molecule is O=C1c2cccnc2N(Cc2ccc(F)cc2)C2=NCCCN12. The van der Waals surface area contributed by atoms with Crippen molar-refractivity contribution in [2.45, 2.75) is 13.0 Å². The molecule has 0 atom stereocenters. The standard InChI is InChI=1S/C17H15FN4O/c18-13-6-4-12(5-7-13)11-22-15-14(3-1-8-19-15)16(23)21-10-2-9-20-17(21)22/h1,3-8H,2,9-11H2. The van der Waals surface area contributed by atoms with E-state index in [9.17, 15) is 9.18 Å². The number of carbonyl (C=O) groups excluding carboxylic acids is 1. The van der Waals surface area contributed by atoms with Gasteiger partial charge in [0.25, 0.3) is 5.91 Å². The van der Waals surface area contributed by atoms with Gasteiger partial charge in [-0.15, -0.1) is 0 Å². The van der Waals surface area contributed by atoms with Gasteiger partial charge in [-0.05, 0) is 36.2 Å². The van der Waals surface area contributed by atoms with Gasteiger partial charge in [0.15, 0.2) is 0 Å². The molecule has 2 aliphatic rings. The number of nitrogens with zero attached hydrogens (tertiary/aromatic N) is 4. The maximum Gasteiger partial charge on any atom is 0.264 e. The molecule has 0 radical (unpaired) electrons. The number of carbonyl (C=O) groups is 1. The first-order valence-corrected chi connectivity index (χ1v) is 7.57. The molecule has 0 unspecified atom stereocenters. The average Bonchev–Trinajstić information content (AvgIpc) is 2.60. The highest BCUT2D eigenvalue weighted by Crippen LogP contribution is 2.29. The second-order valence-electron chi connectivity index (χ2n) is 5.58. The van der Waals surface area contributed by atoms with E-state index >= 15 is 0 Å². The lowest BCUT2D eigenvalue weighted by molar-refractivity contribution is 0.0833. The first-order chi connectivity index (χ1) is 11.2. The molecule has 0 saturated carbocycles. The molecule has 0 aliphatic carbocycles. The quantitative estimate of drug-likeness (QED) is 0.856. The van der Waals surface area contributed by atoms with Crippen molar-refractivity contribution < 1.29 is 9.18 Å². The highest BCUT2D eigenvalue weighted by Gasteiger charge is 2.36. The number of guanidine groups is 1. The molecule has 116 valence electrons. The summed E-state index contributed by atoms with van der Waals surface area (Å²) in [4.78, 5) is 25.2. The van der Waals surface area contributed by atoms with Crippen molar-refractivity contribution in [2.75, 3.05) is 18.0 Å². The van der Waals surface area contributed by atoms with Crippen molar-refractivity contribution in [3.63, 3.8) is 0 Å². The van der Waals surface area contributed by atoms with Crippen molar-refractivity contribution in [3.8, 4) is 0 Å². The molecule has 0 bridgehead atoms. The number of hydrogen-bond acceptors (Lipinski definition) is 4. The molecule has 1 amide bonds. The molecule has 0 N–H and O–H groups in total. The van der Waals surface area contributed by atoms with E-state index < -0.39 is 0 Å². The van der Waals surface area contributed by atoms with Gasteiger partial charge >= 0.3 is 0 Å². The van der Waals surface area contributed by atoms with Gasteiger partial charge in [-0.3, -0.25) is 19.6 Å². The van der Waals surface area contributed by atoms with Crippen LogP contribution in [0.3, 0.4) is 0 Å². The van der Waals surface area contributed by atoms with Gasteiger partial charge in [0.05, 0.1) is 12.1 Å². The average molecular weight is 310 g/mol. The van der Waals surface area contributed by atoms with Crippen LogP contribution >= 0.6 is 0 Å². The fourth-order valence-corrected chi connectivity index (χ4v) is 2.95. The maximum absolute atomic E-state index is 13.1. The zero-order valence-corrected chi connectivity index (χ0v) is 12.4. The predicted molar refractivity (Wildman–Crippen MR) is 84.8 cm³/mol. The monoisotopic (exact) mass is 310 g/mol. The van der Waals surface area contributed by atoms with Gasteiger partial charge in [0.1, 0.15) is 11.6 Å². The van der Waals surface area contributed by atoms with Gasteiger partial charge in [-0.25, -0.2) is 9.37 Å². The van der Waals surface area contributed by atoms with E-state index in [0.29, 0.717) is 37.0 Å². The molecule has 3 heterocycles. The lowest BCUT2D eigenvalue weighted by Crippen LogP contribution is -2.54. The van der Waals surface area contributed by atoms with E-state index in [0.717, 1.165) is 12.0 Å². The van der Waals surface area contributed by atoms with Crippen molar-refractivity contribution >= 4 is 17.7 Å². The summed E-state index contributed by atoms with van der Waals surface area (Å²) < 4.78 is 13.1. The third-order valence-corrected chi connectivity index (χ3v) is 4.05. The van der Waals surface area contributed by atoms with E-state index in [-0.39, 0.29) is 11.7 Å². The molecule has 1 aromatic heterocycles. The Morgan fingerprint density at radius 1 is 1.17 bits per heavy atom. The van der Waals surface area contributed by atoms with E-state index in [4.69, 9.17) is 0 Å². The Labute approximate surface area is 133 Å². The Bertz CT molecular complexity index is 787. The third-order valence-electron chi connectivity index (χ3n) is 4.05. The number of amides is 1. The summed E-state index contributed by atoms with van der Waals surface area (Å²) in [7, 11) is 0. The van der Waals surface area contributed by atoms with Crippen LogP contribution < -0.4 is 4.90 Å². The van der Waals surface area contributed by atoms with E-state index in [2.05, 4.69) is 9.98 Å². The van der Waals surface area contributed by atoms with Gasteiger partial charge in [-0.1, -0.05) is 12.1 Å². The number of anilines is 1. The predicted octanol–water partition coefficient (Wildman–Crippen LogP) is 2.44. The summed E-state index contributed by atoms with van der Waals surface area (Å²) in [6, 6.07) is 9.89. The van der Waals surface area contributed by atoms with Crippen LogP contribution in [0.25, 0.3) is 0 Å². The molecule has 1 aromatic carbocycles. The number of benzene rings is 1. The van der Waals surface area contributed by atoms with Crippen LogP contribution in [0.1, 0.15) is 22.3 Å². The Morgan fingerprint density at radius 2 is 2.00 bits per heavy atom. The minimum atomic E-state index is -0.266. The van der Waals surface area contributed by atoms with Gasteiger partial charge in [-0.2, -0.15) is 0 Å². The molecule has 5 nitrogen and oxygen atoms in total. The third kappa shape index (κ3) is 2.36. The topological polar surface area (TPSA) is 48.8 Å². The first-order valence-electron chi connectivity index (χ1n) is 7.57. The van der Waals surface area contributed by atoms with Crippen LogP contribution in [-0.4, -0.2) is 34.8 Å². The first kappa shape index (κ1) is 13.9. The Morgan fingerprint density at radius 3 is 2.83 bits per heavy atom. The molecule has 0 spiro atoms. The molecule has 4 rings (SSSR count). The zero-order valence-electron chi connectivity index (χ0n) is 12.4. The molecule has 6 heteroatoms. The molecule has 0 saturated heterocycles. The molecule has 23 heavy (non-hydrogen) atoms. The van der Waals surface area contributed by atoms with E-state index in [1.165, 1.54) is 12.1 Å². The zero-order chi connectivity index (χ0) is 15.8. The van der Waals surface area contributed by atoms with Gasteiger partial charge < -0.3 is 0 Å². The Kier molecular flexibility index (Phi) is 3.29. The minimum Gasteiger partial charge on any atom is -0.291 e. The van der Waals surface area contributed by atoms with Crippen molar-refractivity contribution in [3.05, 3.63) is 59.5 Å². The van der Waals surface area contributed by atoms with Crippen molar-refractivity contribution in [1.82, 2.24) is 9.88 Å².